The van der Waals surface area contributed by atoms with Gasteiger partial charge in [-0.05, 0) is 77.2 Å². The quantitative estimate of drug-likeness (QED) is 0.394. The summed E-state index contributed by atoms with van der Waals surface area (Å²) >= 11 is -2.73. The maximum atomic E-state index is 14.4. The van der Waals surface area contributed by atoms with Gasteiger partial charge in [-0.15, -0.1) is 0 Å². The number of pyridine rings is 2. The number of carbonyl (C=O) groups is 2. The third kappa shape index (κ3) is 7.23. The van der Waals surface area contributed by atoms with E-state index in [2.05, 4.69) is 51.4 Å². The fourth-order valence-electron chi connectivity index (χ4n) is 5.97. The number of nitrogens with two attached hydrogens (primary N) is 1. The Morgan fingerprint density at radius 3 is 2.34 bits per heavy atom. The van der Waals surface area contributed by atoms with Gasteiger partial charge in [0, 0.05) is 36.2 Å². The van der Waals surface area contributed by atoms with Gasteiger partial charge in [-0.1, -0.05) is 39.8 Å². The van der Waals surface area contributed by atoms with Crippen molar-refractivity contribution in [3.63, 3.8) is 0 Å². The average molecular weight is 627 g/mol. The number of anilines is 3. The molecule has 2 amide bonds. The summed E-state index contributed by atoms with van der Waals surface area (Å²) in [7, 11) is 0. The van der Waals surface area contributed by atoms with Gasteiger partial charge >= 0.3 is 6.09 Å². The van der Waals surface area contributed by atoms with Crippen molar-refractivity contribution in [1.82, 2.24) is 14.9 Å². The first-order chi connectivity index (χ1) is 20.3. The summed E-state index contributed by atoms with van der Waals surface area (Å²) in [5, 5.41) is 0. The molecule has 240 valence electrons. The monoisotopic (exact) mass is 626 g/mol. The van der Waals surface area contributed by atoms with Crippen molar-refractivity contribution in [2.45, 2.75) is 91.7 Å². The molecule has 12 heteroatoms. The first-order valence-corrected chi connectivity index (χ1v) is 16.0. The predicted molar refractivity (Wildman–Crippen MR) is 175 cm³/mol. The summed E-state index contributed by atoms with van der Waals surface area (Å²) < 4.78 is 29.4. The summed E-state index contributed by atoms with van der Waals surface area (Å²) in [4.78, 5) is 40.3. The maximum absolute atomic E-state index is 14.4. The van der Waals surface area contributed by atoms with Gasteiger partial charge in [-0.3, -0.25) is 9.35 Å². The lowest BCUT2D eigenvalue weighted by Crippen LogP contribution is -2.42. The molecule has 2 atom stereocenters. The molecule has 0 saturated carbocycles. The molecule has 0 bridgehead atoms. The van der Waals surface area contributed by atoms with Gasteiger partial charge in [-0.25, -0.2) is 19.0 Å². The first kappa shape index (κ1) is 33.4. The molecule has 4 heterocycles. The Hall–Kier alpha value is -3.51. The molecule has 0 spiro atoms. The van der Waals surface area contributed by atoms with Crippen LogP contribution in [0.25, 0.3) is 5.57 Å². The van der Waals surface area contributed by atoms with Crippen molar-refractivity contribution < 1.29 is 23.1 Å². The molecule has 3 N–H and O–H groups in total. The zero-order valence-corrected chi connectivity index (χ0v) is 28.1. The zero-order chi connectivity index (χ0) is 32.8. The van der Waals surface area contributed by atoms with Gasteiger partial charge < -0.3 is 20.3 Å². The normalized spacial score (nSPS) is 19.4. The number of hydrogen-bond donors (Lipinski definition) is 2. The highest BCUT2D eigenvalue weighted by molar-refractivity contribution is 7.81. The van der Waals surface area contributed by atoms with Crippen LogP contribution in [0.3, 0.4) is 0 Å². The lowest BCUT2D eigenvalue weighted by Gasteiger charge is -2.36. The van der Waals surface area contributed by atoms with E-state index in [0.29, 0.717) is 37.8 Å². The summed E-state index contributed by atoms with van der Waals surface area (Å²) in [5.74, 6) is 0.178. The second kappa shape index (κ2) is 12.1. The lowest BCUT2D eigenvalue weighted by molar-refractivity contribution is 0.0270. The van der Waals surface area contributed by atoms with Crippen LogP contribution in [-0.2, 0) is 21.4 Å². The van der Waals surface area contributed by atoms with Crippen molar-refractivity contribution in [2.24, 2.45) is 5.92 Å². The SMILES string of the molecule is CC1CN(c2nc(C(C)(C)C)c(C3=CCN(C(=O)OC(C)(C)C)CC3)cc2C(=O)N(c2cccc(N)n2)S(=O)O)C(C)(C)C1. The van der Waals surface area contributed by atoms with Gasteiger partial charge in [0.25, 0.3) is 17.2 Å². The largest absolute Gasteiger partial charge is 0.444 e. The molecule has 1 fully saturated rings. The molecule has 0 aliphatic carbocycles. The highest BCUT2D eigenvalue weighted by Gasteiger charge is 2.41. The topological polar surface area (TPSA) is 142 Å². The van der Waals surface area contributed by atoms with E-state index in [1.807, 2.05) is 26.8 Å². The van der Waals surface area contributed by atoms with Crippen LogP contribution in [-0.4, -0.2) is 66.4 Å². The van der Waals surface area contributed by atoms with Crippen LogP contribution in [0.4, 0.5) is 22.2 Å². The van der Waals surface area contributed by atoms with Gasteiger partial charge in [0.2, 0.25) is 0 Å². The lowest BCUT2D eigenvalue weighted by atomic mass is 9.83. The van der Waals surface area contributed by atoms with E-state index in [1.54, 1.807) is 23.1 Å². The number of aromatic nitrogens is 2. The number of nitrogen functional groups attached to an aromatic ring is 1. The van der Waals surface area contributed by atoms with Crippen molar-refractivity contribution >= 4 is 46.3 Å². The molecular formula is C32H46N6O5S. The van der Waals surface area contributed by atoms with Crippen LogP contribution in [0.15, 0.2) is 30.3 Å². The minimum Gasteiger partial charge on any atom is -0.444 e. The van der Waals surface area contributed by atoms with Gasteiger partial charge in [-0.2, -0.15) is 4.31 Å². The van der Waals surface area contributed by atoms with Crippen LogP contribution in [0.2, 0.25) is 0 Å². The molecule has 0 radical (unpaired) electrons. The Balaban J connectivity index is 1.90. The van der Waals surface area contributed by atoms with E-state index in [1.165, 1.54) is 6.07 Å². The van der Waals surface area contributed by atoms with E-state index in [0.717, 1.165) is 27.6 Å². The molecule has 44 heavy (non-hydrogen) atoms. The molecule has 11 nitrogen and oxygen atoms in total. The fraction of sp³-hybridized carbons (Fsp3) is 0.562. The molecule has 0 aromatic carbocycles. The van der Waals surface area contributed by atoms with Crippen LogP contribution >= 0.6 is 0 Å². The maximum Gasteiger partial charge on any atom is 0.410 e. The highest BCUT2D eigenvalue weighted by Crippen LogP contribution is 2.42. The van der Waals surface area contributed by atoms with Gasteiger partial charge in [0.15, 0.2) is 5.82 Å². The molecule has 1 saturated heterocycles. The van der Waals surface area contributed by atoms with E-state index < -0.39 is 28.2 Å². The van der Waals surface area contributed by atoms with Crippen molar-refractivity contribution in [3.8, 4) is 0 Å². The smallest absolute Gasteiger partial charge is 0.410 e. The summed E-state index contributed by atoms with van der Waals surface area (Å²) in [6.07, 6.45) is 3.01. The number of carbonyl (C=O) groups excluding carboxylic acids is 2. The fourth-order valence-corrected chi connectivity index (χ4v) is 6.47. The summed E-state index contributed by atoms with van der Waals surface area (Å²) in [6.45, 7) is 19.6. The van der Waals surface area contributed by atoms with E-state index in [4.69, 9.17) is 15.5 Å². The summed E-state index contributed by atoms with van der Waals surface area (Å²) in [6, 6.07) is 6.38. The summed E-state index contributed by atoms with van der Waals surface area (Å²) in [5.41, 5.74) is 7.26. The Morgan fingerprint density at radius 2 is 1.84 bits per heavy atom. The third-order valence-electron chi connectivity index (χ3n) is 7.78. The second-order valence-electron chi connectivity index (χ2n) is 14.4. The molecule has 2 aromatic rings. The van der Waals surface area contributed by atoms with Crippen molar-refractivity contribution in [1.29, 1.82) is 0 Å². The number of nitrogens with zero attached hydrogens (tertiary/aromatic N) is 5. The van der Waals surface area contributed by atoms with Crippen molar-refractivity contribution in [3.05, 3.63) is 47.2 Å². The first-order valence-electron chi connectivity index (χ1n) is 15.0. The molecule has 4 rings (SSSR count). The van der Waals surface area contributed by atoms with Gasteiger partial charge in [0.1, 0.15) is 17.2 Å². The molecule has 2 aromatic heterocycles. The van der Waals surface area contributed by atoms with E-state index >= 15 is 0 Å². The number of ether oxygens (including phenoxy) is 1. The molecular weight excluding hydrogens is 580 g/mol. The van der Waals surface area contributed by atoms with Gasteiger partial charge in [0.05, 0.1) is 11.3 Å². The number of rotatable bonds is 5. The Kier molecular flexibility index (Phi) is 9.19. The van der Waals surface area contributed by atoms with Crippen LogP contribution in [0.1, 0.15) is 96.8 Å². The van der Waals surface area contributed by atoms with Crippen LogP contribution in [0, 0.1) is 5.92 Å². The zero-order valence-electron chi connectivity index (χ0n) is 27.3. The highest BCUT2D eigenvalue weighted by atomic mass is 32.2. The third-order valence-corrected chi connectivity index (χ3v) is 8.45. The second-order valence-corrected chi connectivity index (χ2v) is 15.2. The Bertz CT molecular complexity index is 1490. The number of amides is 2. The van der Waals surface area contributed by atoms with Crippen LogP contribution < -0.4 is 14.9 Å². The Labute approximate surface area is 263 Å². The minimum absolute atomic E-state index is 0.0397. The van der Waals surface area contributed by atoms with Crippen molar-refractivity contribution in [2.75, 3.05) is 34.6 Å². The van der Waals surface area contributed by atoms with E-state index in [-0.39, 0.29) is 28.8 Å². The van der Waals surface area contributed by atoms with E-state index in [9.17, 15) is 18.4 Å². The Morgan fingerprint density at radius 1 is 1.16 bits per heavy atom. The predicted octanol–water partition coefficient (Wildman–Crippen LogP) is 5.79. The number of hydrogen-bond acceptors (Lipinski definition) is 8. The standard InChI is InChI=1S/C32H46N6O5S/c1-20-18-32(8,9)37(19-20)27-23(28(39)38(44(41)42)25-12-10-11-24(33)34-25)17-22(26(35-27)30(2,3)4)21-13-15-36(16-14-21)29(40)43-31(5,6)7/h10-13,17,20H,14-16,18-19H2,1-9H3,(H2,33,34)(H,41,42). The molecule has 2 aliphatic rings. The van der Waals surface area contributed by atoms with Crippen LogP contribution in [0.5, 0.6) is 0 Å². The molecule has 2 unspecified atom stereocenters. The molecule has 2 aliphatic heterocycles. The average Bonchev–Trinajstić information content (AvgIpc) is 3.17. The minimum atomic E-state index is -2.73.